The van der Waals surface area contributed by atoms with Crippen molar-refractivity contribution in [3.8, 4) is 0 Å². The SMILES string of the molecule is CC.CCC(=O)C1CCCN1C. The van der Waals surface area contributed by atoms with Crippen LogP contribution in [0.2, 0.25) is 0 Å². The molecule has 0 saturated carbocycles. The summed E-state index contributed by atoms with van der Waals surface area (Å²) in [6, 6.07) is 0.241. The standard InChI is InChI=1S/C8H15NO.C2H6/c1-3-8(10)7-5-4-6-9(7)2;1-2/h7H,3-6H2,1-2H3;1-2H3. The highest BCUT2D eigenvalue weighted by Crippen LogP contribution is 2.16. The van der Waals surface area contributed by atoms with Crippen molar-refractivity contribution in [3.05, 3.63) is 0 Å². The summed E-state index contributed by atoms with van der Waals surface area (Å²) in [6.07, 6.45) is 2.95. The van der Waals surface area contributed by atoms with Crippen molar-refractivity contribution in [3.63, 3.8) is 0 Å². The quantitative estimate of drug-likeness (QED) is 0.634. The first-order valence-electron chi connectivity index (χ1n) is 4.98. The van der Waals surface area contributed by atoms with E-state index in [1.54, 1.807) is 0 Å². The first kappa shape index (κ1) is 11.6. The van der Waals surface area contributed by atoms with Gasteiger partial charge in [-0.05, 0) is 26.4 Å². The van der Waals surface area contributed by atoms with Crippen LogP contribution < -0.4 is 0 Å². The molecule has 0 aromatic carbocycles. The van der Waals surface area contributed by atoms with Crippen LogP contribution in [0, 0.1) is 0 Å². The van der Waals surface area contributed by atoms with Gasteiger partial charge in [-0.3, -0.25) is 9.69 Å². The Morgan fingerprint density at radius 1 is 1.50 bits per heavy atom. The van der Waals surface area contributed by atoms with Gasteiger partial charge in [0, 0.05) is 6.42 Å². The van der Waals surface area contributed by atoms with E-state index in [1.807, 2.05) is 27.8 Å². The molecule has 0 bridgehead atoms. The third-order valence-electron chi connectivity index (χ3n) is 2.24. The summed E-state index contributed by atoms with van der Waals surface area (Å²) in [5.41, 5.74) is 0. The second-order valence-corrected chi connectivity index (χ2v) is 2.96. The molecular formula is C10H21NO. The van der Waals surface area contributed by atoms with E-state index >= 15 is 0 Å². The fourth-order valence-electron chi connectivity index (χ4n) is 1.55. The van der Waals surface area contributed by atoms with Crippen molar-refractivity contribution in [1.29, 1.82) is 0 Å². The minimum Gasteiger partial charge on any atom is -0.298 e. The monoisotopic (exact) mass is 171 g/mol. The molecule has 2 heteroatoms. The number of ketones is 1. The van der Waals surface area contributed by atoms with Crippen molar-refractivity contribution in [2.75, 3.05) is 13.6 Å². The van der Waals surface area contributed by atoms with Crippen LogP contribution in [0.4, 0.5) is 0 Å². The Kier molecular flexibility index (Phi) is 5.99. The molecule has 0 spiro atoms. The lowest BCUT2D eigenvalue weighted by Crippen LogP contribution is -2.32. The van der Waals surface area contributed by atoms with E-state index in [2.05, 4.69) is 4.90 Å². The number of likely N-dealkylation sites (tertiary alicyclic amines) is 1. The summed E-state index contributed by atoms with van der Waals surface area (Å²) < 4.78 is 0. The molecule has 1 aliphatic rings. The van der Waals surface area contributed by atoms with E-state index in [0.29, 0.717) is 12.2 Å². The van der Waals surface area contributed by atoms with Crippen LogP contribution in [0.25, 0.3) is 0 Å². The molecule has 72 valence electrons. The van der Waals surface area contributed by atoms with Gasteiger partial charge >= 0.3 is 0 Å². The number of rotatable bonds is 2. The summed E-state index contributed by atoms with van der Waals surface area (Å²) in [6.45, 7) is 7.03. The highest BCUT2D eigenvalue weighted by atomic mass is 16.1. The molecule has 0 N–H and O–H groups in total. The van der Waals surface area contributed by atoms with Gasteiger partial charge in [-0.2, -0.15) is 0 Å². The lowest BCUT2D eigenvalue weighted by molar-refractivity contribution is -0.122. The molecule has 0 amide bonds. The third kappa shape index (κ3) is 2.94. The number of Topliss-reactive ketones (excluding diaryl/α,β-unsaturated/α-hetero) is 1. The maximum absolute atomic E-state index is 11.2. The summed E-state index contributed by atoms with van der Waals surface area (Å²) in [4.78, 5) is 13.3. The smallest absolute Gasteiger partial charge is 0.149 e. The number of hydrogen-bond donors (Lipinski definition) is 0. The molecule has 1 unspecified atom stereocenters. The van der Waals surface area contributed by atoms with Gasteiger partial charge in [0.15, 0.2) is 0 Å². The van der Waals surface area contributed by atoms with Gasteiger partial charge in [-0.25, -0.2) is 0 Å². The lowest BCUT2D eigenvalue weighted by Gasteiger charge is -2.16. The summed E-state index contributed by atoms with van der Waals surface area (Å²) in [5, 5.41) is 0. The Morgan fingerprint density at radius 2 is 2.08 bits per heavy atom. The van der Waals surface area contributed by atoms with Crippen molar-refractivity contribution in [2.24, 2.45) is 0 Å². The van der Waals surface area contributed by atoms with E-state index in [4.69, 9.17) is 0 Å². The van der Waals surface area contributed by atoms with Crippen LogP contribution in [0.1, 0.15) is 40.0 Å². The van der Waals surface area contributed by atoms with Gasteiger partial charge in [0.05, 0.1) is 6.04 Å². The molecule has 1 heterocycles. The molecule has 1 atom stereocenters. The fraction of sp³-hybridized carbons (Fsp3) is 0.900. The number of nitrogens with zero attached hydrogens (tertiary/aromatic N) is 1. The Morgan fingerprint density at radius 3 is 2.42 bits per heavy atom. The zero-order valence-electron chi connectivity index (χ0n) is 8.76. The normalized spacial score (nSPS) is 23.2. The summed E-state index contributed by atoms with van der Waals surface area (Å²) in [7, 11) is 2.03. The Labute approximate surface area is 75.9 Å². The second kappa shape index (κ2) is 6.18. The molecule has 0 aliphatic carbocycles. The average Bonchev–Trinajstić information content (AvgIpc) is 2.54. The van der Waals surface area contributed by atoms with E-state index in [-0.39, 0.29) is 6.04 Å². The molecule has 0 radical (unpaired) electrons. The van der Waals surface area contributed by atoms with Gasteiger partial charge < -0.3 is 0 Å². The number of hydrogen-bond acceptors (Lipinski definition) is 2. The maximum atomic E-state index is 11.2. The van der Waals surface area contributed by atoms with Gasteiger partial charge in [-0.1, -0.05) is 20.8 Å². The van der Waals surface area contributed by atoms with Crippen molar-refractivity contribution in [1.82, 2.24) is 4.90 Å². The van der Waals surface area contributed by atoms with E-state index < -0.39 is 0 Å². The van der Waals surface area contributed by atoms with Gasteiger partial charge in [-0.15, -0.1) is 0 Å². The van der Waals surface area contributed by atoms with Gasteiger partial charge in [0.25, 0.3) is 0 Å². The molecule has 0 aromatic heterocycles. The highest BCUT2D eigenvalue weighted by Gasteiger charge is 2.25. The zero-order valence-corrected chi connectivity index (χ0v) is 8.76. The van der Waals surface area contributed by atoms with E-state index in [0.717, 1.165) is 13.0 Å². The predicted molar refractivity (Wildman–Crippen MR) is 52.3 cm³/mol. The first-order chi connectivity index (χ1) is 5.75. The fourth-order valence-corrected chi connectivity index (χ4v) is 1.55. The molecule has 0 aromatic rings. The van der Waals surface area contributed by atoms with Crippen LogP contribution in [0.3, 0.4) is 0 Å². The number of carbonyl (C=O) groups excluding carboxylic acids is 1. The van der Waals surface area contributed by atoms with Crippen molar-refractivity contribution >= 4 is 5.78 Å². The summed E-state index contributed by atoms with van der Waals surface area (Å²) in [5.74, 6) is 0.403. The molecule has 1 aliphatic heterocycles. The van der Waals surface area contributed by atoms with E-state index in [9.17, 15) is 4.79 Å². The Hall–Kier alpha value is -0.370. The molecule has 12 heavy (non-hydrogen) atoms. The Balaban J connectivity index is 0.000000561. The van der Waals surface area contributed by atoms with Crippen molar-refractivity contribution in [2.45, 2.75) is 46.1 Å². The minimum atomic E-state index is 0.241. The largest absolute Gasteiger partial charge is 0.298 e. The number of carbonyl (C=O) groups is 1. The van der Waals surface area contributed by atoms with Gasteiger partial charge in [0.1, 0.15) is 5.78 Å². The van der Waals surface area contributed by atoms with Crippen LogP contribution in [0.5, 0.6) is 0 Å². The maximum Gasteiger partial charge on any atom is 0.149 e. The summed E-state index contributed by atoms with van der Waals surface area (Å²) >= 11 is 0. The Bertz CT molecular complexity index is 134. The van der Waals surface area contributed by atoms with Crippen LogP contribution in [-0.2, 0) is 4.79 Å². The molecule has 1 fully saturated rings. The molecule has 1 saturated heterocycles. The van der Waals surface area contributed by atoms with Crippen molar-refractivity contribution < 1.29 is 4.79 Å². The van der Waals surface area contributed by atoms with Gasteiger partial charge in [0.2, 0.25) is 0 Å². The average molecular weight is 171 g/mol. The molecular weight excluding hydrogens is 150 g/mol. The van der Waals surface area contributed by atoms with E-state index in [1.165, 1.54) is 6.42 Å². The zero-order chi connectivity index (χ0) is 9.56. The third-order valence-corrected chi connectivity index (χ3v) is 2.24. The topological polar surface area (TPSA) is 20.3 Å². The highest BCUT2D eigenvalue weighted by molar-refractivity contribution is 5.83. The minimum absolute atomic E-state index is 0.241. The predicted octanol–water partition coefficient (Wildman–Crippen LogP) is 2.09. The lowest BCUT2D eigenvalue weighted by atomic mass is 10.1. The number of likely N-dealkylation sites (N-methyl/N-ethyl adjacent to an activating group) is 1. The van der Waals surface area contributed by atoms with Crippen LogP contribution in [-0.4, -0.2) is 30.3 Å². The van der Waals surface area contributed by atoms with Crippen LogP contribution >= 0.6 is 0 Å². The second-order valence-electron chi connectivity index (χ2n) is 2.96. The first-order valence-corrected chi connectivity index (χ1v) is 4.98. The molecule has 1 rings (SSSR count). The molecule has 2 nitrogen and oxygen atoms in total. The van der Waals surface area contributed by atoms with Crippen LogP contribution in [0.15, 0.2) is 0 Å².